The quantitative estimate of drug-likeness (QED) is 0.467. The Labute approximate surface area is 173 Å². The van der Waals surface area contributed by atoms with Gasteiger partial charge in [0, 0.05) is 38.2 Å². The van der Waals surface area contributed by atoms with Gasteiger partial charge in [-0.05, 0) is 37.5 Å². The SMILES string of the molecule is COc1cc(C(C)=O)ccc1OCCCC(=O)N1CCN(C(C#N)C(C)C)CC1. The van der Waals surface area contributed by atoms with Crippen molar-refractivity contribution >= 4 is 11.7 Å². The number of hydrogen-bond donors (Lipinski definition) is 0. The van der Waals surface area contributed by atoms with Crippen LogP contribution in [-0.4, -0.2) is 67.4 Å². The average Bonchev–Trinajstić information content (AvgIpc) is 2.71. The van der Waals surface area contributed by atoms with Crippen molar-refractivity contribution in [2.45, 2.75) is 39.7 Å². The highest BCUT2D eigenvalue weighted by Crippen LogP contribution is 2.28. The Bertz CT molecular complexity index is 749. The summed E-state index contributed by atoms with van der Waals surface area (Å²) >= 11 is 0. The van der Waals surface area contributed by atoms with Crippen LogP contribution < -0.4 is 9.47 Å². The molecule has 0 bridgehead atoms. The Hall–Kier alpha value is -2.59. The first-order valence-electron chi connectivity index (χ1n) is 10.1. The molecule has 1 unspecified atom stereocenters. The van der Waals surface area contributed by atoms with Crippen molar-refractivity contribution in [1.82, 2.24) is 9.80 Å². The number of ketones is 1. The molecule has 1 amide bonds. The number of amides is 1. The second-order valence-electron chi connectivity index (χ2n) is 7.61. The highest BCUT2D eigenvalue weighted by molar-refractivity contribution is 5.94. The topological polar surface area (TPSA) is 82.9 Å². The van der Waals surface area contributed by atoms with Crippen molar-refractivity contribution in [3.8, 4) is 17.6 Å². The summed E-state index contributed by atoms with van der Waals surface area (Å²) in [6, 6.07) is 7.36. The predicted octanol–water partition coefficient (Wildman–Crippen LogP) is 2.75. The molecular weight excluding hydrogens is 370 g/mol. The first-order valence-corrected chi connectivity index (χ1v) is 10.1. The second kappa shape index (κ2) is 10.8. The number of carbonyl (C=O) groups is 2. The molecule has 0 N–H and O–H groups in total. The van der Waals surface area contributed by atoms with E-state index < -0.39 is 0 Å². The van der Waals surface area contributed by atoms with E-state index in [0.29, 0.717) is 49.6 Å². The molecule has 1 aromatic carbocycles. The summed E-state index contributed by atoms with van der Waals surface area (Å²) in [5.41, 5.74) is 0.569. The molecule has 1 atom stereocenters. The maximum Gasteiger partial charge on any atom is 0.222 e. The van der Waals surface area contributed by atoms with Gasteiger partial charge in [0.2, 0.25) is 5.91 Å². The minimum Gasteiger partial charge on any atom is -0.493 e. The van der Waals surface area contributed by atoms with Crippen molar-refractivity contribution in [3.63, 3.8) is 0 Å². The summed E-state index contributed by atoms with van der Waals surface area (Å²) in [4.78, 5) is 27.9. The van der Waals surface area contributed by atoms with Crippen LogP contribution in [0.2, 0.25) is 0 Å². The lowest BCUT2D eigenvalue weighted by Crippen LogP contribution is -2.52. The van der Waals surface area contributed by atoms with Crippen LogP contribution >= 0.6 is 0 Å². The van der Waals surface area contributed by atoms with E-state index in [4.69, 9.17) is 9.47 Å². The smallest absolute Gasteiger partial charge is 0.222 e. The third kappa shape index (κ3) is 6.20. The number of Topliss-reactive ketones (excluding diaryl/α,β-unsaturated/α-hetero) is 1. The zero-order chi connectivity index (χ0) is 21.4. The molecule has 0 spiro atoms. The Kier molecular flexibility index (Phi) is 8.47. The molecule has 1 saturated heterocycles. The van der Waals surface area contributed by atoms with E-state index >= 15 is 0 Å². The van der Waals surface area contributed by atoms with Crippen LogP contribution in [0.15, 0.2) is 18.2 Å². The number of hydrogen-bond acceptors (Lipinski definition) is 6. The van der Waals surface area contributed by atoms with E-state index in [1.54, 1.807) is 18.2 Å². The molecule has 2 rings (SSSR count). The second-order valence-corrected chi connectivity index (χ2v) is 7.61. The first-order chi connectivity index (χ1) is 13.9. The third-order valence-corrected chi connectivity index (χ3v) is 5.19. The Morgan fingerprint density at radius 3 is 2.41 bits per heavy atom. The molecule has 1 heterocycles. The Morgan fingerprint density at radius 1 is 1.17 bits per heavy atom. The molecule has 7 nitrogen and oxygen atoms in total. The largest absolute Gasteiger partial charge is 0.493 e. The van der Waals surface area contributed by atoms with Crippen molar-refractivity contribution in [2.24, 2.45) is 5.92 Å². The summed E-state index contributed by atoms with van der Waals surface area (Å²) in [6.45, 7) is 8.78. The molecule has 1 aliphatic rings. The Morgan fingerprint density at radius 2 is 1.86 bits per heavy atom. The van der Waals surface area contributed by atoms with Crippen LogP contribution in [0.1, 0.15) is 44.0 Å². The molecule has 1 aromatic rings. The fourth-order valence-electron chi connectivity index (χ4n) is 3.47. The van der Waals surface area contributed by atoms with Crippen molar-refractivity contribution in [2.75, 3.05) is 39.9 Å². The Balaban J connectivity index is 1.76. The molecule has 0 aliphatic carbocycles. The molecule has 0 saturated carbocycles. The zero-order valence-electron chi connectivity index (χ0n) is 17.8. The number of piperazine rings is 1. The van der Waals surface area contributed by atoms with Crippen LogP contribution in [0.3, 0.4) is 0 Å². The number of nitrogens with zero attached hydrogens (tertiary/aromatic N) is 3. The van der Waals surface area contributed by atoms with Gasteiger partial charge in [-0.3, -0.25) is 14.5 Å². The lowest BCUT2D eigenvalue weighted by atomic mass is 10.0. The van der Waals surface area contributed by atoms with Gasteiger partial charge in [0.15, 0.2) is 17.3 Å². The summed E-state index contributed by atoms with van der Waals surface area (Å²) in [5, 5.41) is 9.33. The molecule has 1 fully saturated rings. The lowest BCUT2D eigenvalue weighted by molar-refractivity contribution is -0.133. The maximum absolute atomic E-state index is 12.5. The van der Waals surface area contributed by atoms with E-state index in [9.17, 15) is 14.9 Å². The molecule has 158 valence electrons. The fourth-order valence-corrected chi connectivity index (χ4v) is 3.47. The lowest BCUT2D eigenvalue weighted by Gasteiger charge is -2.38. The van der Waals surface area contributed by atoms with Gasteiger partial charge in [0.05, 0.1) is 19.8 Å². The number of carbonyl (C=O) groups excluding carboxylic acids is 2. The zero-order valence-corrected chi connectivity index (χ0v) is 17.8. The third-order valence-electron chi connectivity index (χ3n) is 5.19. The standard InChI is InChI=1S/C22H31N3O4/c1-16(2)19(15-23)24-9-11-25(12-10-24)22(27)6-5-13-29-20-8-7-18(17(3)26)14-21(20)28-4/h7-8,14,16,19H,5-6,9-13H2,1-4H3. The summed E-state index contributed by atoms with van der Waals surface area (Å²) in [5.74, 6) is 1.44. The molecule has 7 heteroatoms. The van der Waals surface area contributed by atoms with Crippen LogP contribution in [0, 0.1) is 17.2 Å². The number of nitriles is 1. The van der Waals surface area contributed by atoms with E-state index in [-0.39, 0.29) is 23.7 Å². The van der Waals surface area contributed by atoms with Gasteiger partial charge in [0.1, 0.15) is 6.04 Å². The van der Waals surface area contributed by atoms with Gasteiger partial charge < -0.3 is 14.4 Å². The van der Waals surface area contributed by atoms with Crippen LogP contribution in [-0.2, 0) is 4.79 Å². The summed E-state index contributed by atoms with van der Waals surface area (Å²) in [6.07, 6.45) is 1.02. The van der Waals surface area contributed by atoms with Crippen LogP contribution in [0.4, 0.5) is 0 Å². The first kappa shape index (κ1) is 22.7. The minimum atomic E-state index is -0.0926. The fraction of sp³-hybridized carbons (Fsp3) is 0.591. The molecule has 0 aromatic heterocycles. The van der Waals surface area contributed by atoms with Crippen LogP contribution in [0.5, 0.6) is 11.5 Å². The molecular formula is C22H31N3O4. The molecule has 1 aliphatic heterocycles. The van der Waals surface area contributed by atoms with Gasteiger partial charge in [-0.1, -0.05) is 13.8 Å². The van der Waals surface area contributed by atoms with E-state index in [1.165, 1.54) is 14.0 Å². The van der Waals surface area contributed by atoms with Crippen LogP contribution in [0.25, 0.3) is 0 Å². The number of rotatable bonds is 9. The van der Waals surface area contributed by atoms with Crippen molar-refractivity contribution in [3.05, 3.63) is 23.8 Å². The monoisotopic (exact) mass is 401 g/mol. The van der Waals surface area contributed by atoms with E-state index in [0.717, 1.165) is 13.1 Å². The van der Waals surface area contributed by atoms with Crippen molar-refractivity contribution < 1.29 is 19.1 Å². The number of benzene rings is 1. The predicted molar refractivity (Wildman–Crippen MR) is 110 cm³/mol. The van der Waals surface area contributed by atoms with Gasteiger partial charge in [-0.25, -0.2) is 0 Å². The summed E-state index contributed by atoms with van der Waals surface area (Å²) in [7, 11) is 1.53. The maximum atomic E-state index is 12.5. The highest BCUT2D eigenvalue weighted by Gasteiger charge is 2.27. The molecule has 29 heavy (non-hydrogen) atoms. The average molecular weight is 402 g/mol. The van der Waals surface area contributed by atoms with Gasteiger partial charge in [0.25, 0.3) is 0 Å². The van der Waals surface area contributed by atoms with Gasteiger partial charge in [-0.15, -0.1) is 0 Å². The van der Waals surface area contributed by atoms with Crippen molar-refractivity contribution in [1.29, 1.82) is 5.26 Å². The van der Waals surface area contributed by atoms with E-state index in [1.807, 2.05) is 18.7 Å². The number of methoxy groups -OCH3 is 1. The normalized spacial score (nSPS) is 15.7. The van der Waals surface area contributed by atoms with Gasteiger partial charge >= 0.3 is 0 Å². The molecule has 0 radical (unpaired) electrons. The highest BCUT2D eigenvalue weighted by atomic mass is 16.5. The van der Waals surface area contributed by atoms with E-state index in [2.05, 4.69) is 11.0 Å². The summed E-state index contributed by atoms with van der Waals surface area (Å²) < 4.78 is 11.0. The number of ether oxygens (including phenoxy) is 2. The van der Waals surface area contributed by atoms with Gasteiger partial charge in [-0.2, -0.15) is 5.26 Å². The minimum absolute atomic E-state index is 0.0324.